The minimum absolute atomic E-state index is 0.0382. The largest absolute Gasteiger partial charge is 0.497 e. The summed E-state index contributed by atoms with van der Waals surface area (Å²) in [5.74, 6) is -0.327. The van der Waals surface area contributed by atoms with Crippen LogP contribution in [0.3, 0.4) is 0 Å². The number of methoxy groups -OCH3 is 1. The number of nitrogens with zero attached hydrogens (tertiary/aromatic N) is 1. The predicted octanol–water partition coefficient (Wildman–Crippen LogP) is 1.05. The van der Waals surface area contributed by atoms with E-state index in [2.05, 4.69) is 5.32 Å². The van der Waals surface area contributed by atoms with Gasteiger partial charge >= 0.3 is 0 Å². The monoisotopic (exact) mass is 354 g/mol. The summed E-state index contributed by atoms with van der Waals surface area (Å²) in [4.78, 5) is 14.2. The highest BCUT2D eigenvalue weighted by Gasteiger charge is 2.42. The molecule has 3 N–H and O–H groups in total. The van der Waals surface area contributed by atoms with E-state index in [0.29, 0.717) is 30.7 Å². The predicted molar refractivity (Wildman–Crippen MR) is 91.7 cm³/mol. The van der Waals surface area contributed by atoms with Crippen LogP contribution < -0.4 is 10.1 Å². The third-order valence-electron chi connectivity index (χ3n) is 4.57. The number of hydrogen-bond acceptors (Lipinski definition) is 5. The van der Waals surface area contributed by atoms with Crippen molar-refractivity contribution in [1.82, 2.24) is 10.2 Å². The van der Waals surface area contributed by atoms with E-state index in [1.807, 2.05) is 0 Å². The van der Waals surface area contributed by atoms with Gasteiger partial charge < -0.3 is 25.2 Å². The maximum atomic E-state index is 14.0. The quantitative estimate of drug-likeness (QED) is 0.682. The van der Waals surface area contributed by atoms with Crippen LogP contribution in [0.25, 0.3) is 0 Å². The molecule has 25 heavy (non-hydrogen) atoms. The van der Waals surface area contributed by atoms with Crippen molar-refractivity contribution in [3.05, 3.63) is 29.6 Å². The summed E-state index contributed by atoms with van der Waals surface area (Å²) in [5, 5.41) is 23.1. The van der Waals surface area contributed by atoms with Crippen LogP contribution in [0.15, 0.2) is 18.2 Å². The van der Waals surface area contributed by atoms with E-state index in [1.54, 1.807) is 19.9 Å². The van der Waals surface area contributed by atoms with Gasteiger partial charge in [0.1, 0.15) is 11.6 Å². The van der Waals surface area contributed by atoms with Crippen molar-refractivity contribution in [2.24, 2.45) is 0 Å². The van der Waals surface area contributed by atoms with Gasteiger partial charge in [0.05, 0.1) is 13.7 Å². The Morgan fingerprint density at radius 1 is 1.44 bits per heavy atom. The summed E-state index contributed by atoms with van der Waals surface area (Å²) in [6.45, 7) is 4.03. The Labute approximate surface area is 147 Å². The average Bonchev–Trinajstić information content (AvgIpc) is 2.59. The standard InChI is InChI=1S/C18H27FN2O4/c1-17(2,12-22)20-11-18(24)7-4-8-21(16(18)23)10-13-9-14(25-3)5-6-15(13)19/h5-6,9,20,22,24H,4,7-8,10-12H2,1-3H3/t18-/m1/s1. The highest BCUT2D eigenvalue weighted by molar-refractivity contribution is 5.86. The molecule has 7 heteroatoms. The number of amides is 1. The van der Waals surface area contributed by atoms with E-state index >= 15 is 0 Å². The van der Waals surface area contributed by atoms with E-state index in [-0.39, 0.29) is 19.7 Å². The second-order valence-corrected chi connectivity index (χ2v) is 7.21. The zero-order chi connectivity index (χ0) is 18.7. The molecule has 0 bridgehead atoms. The maximum Gasteiger partial charge on any atom is 0.256 e. The summed E-state index contributed by atoms with van der Waals surface area (Å²) in [7, 11) is 1.50. The van der Waals surface area contributed by atoms with Crippen molar-refractivity contribution in [2.75, 3.05) is 26.8 Å². The highest BCUT2D eigenvalue weighted by Crippen LogP contribution is 2.26. The molecular formula is C18H27FN2O4. The fraction of sp³-hybridized carbons (Fsp3) is 0.611. The number of piperidine rings is 1. The Kier molecular flexibility index (Phi) is 6.03. The molecule has 1 aliphatic rings. The van der Waals surface area contributed by atoms with Gasteiger partial charge in [-0.2, -0.15) is 0 Å². The second kappa shape index (κ2) is 7.68. The molecule has 1 fully saturated rings. The molecule has 0 spiro atoms. The molecule has 1 saturated heterocycles. The van der Waals surface area contributed by atoms with Crippen LogP contribution in [-0.2, 0) is 11.3 Å². The van der Waals surface area contributed by atoms with Crippen LogP contribution in [-0.4, -0.2) is 59.0 Å². The fourth-order valence-corrected chi connectivity index (χ4v) is 2.83. The lowest BCUT2D eigenvalue weighted by molar-refractivity contribution is -0.157. The van der Waals surface area contributed by atoms with E-state index in [1.165, 1.54) is 24.1 Å². The third kappa shape index (κ3) is 4.68. The molecule has 2 rings (SSSR count). The number of halogens is 1. The smallest absolute Gasteiger partial charge is 0.256 e. The minimum Gasteiger partial charge on any atom is -0.497 e. The molecule has 0 unspecified atom stereocenters. The molecule has 1 heterocycles. The molecule has 1 amide bonds. The first-order chi connectivity index (χ1) is 11.7. The summed E-state index contributed by atoms with van der Waals surface area (Å²) in [5.41, 5.74) is -1.81. The number of β-amino-alcohol motifs (C(OH)–C–C–N with tert-alkyl or cyclic N) is 1. The SMILES string of the molecule is COc1ccc(F)c(CN2CCC[C@@](O)(CNC(C)(C)CO)C2=O)c1. The van der Waals surface area contributed by atoms with E-state index in [0.717, 1.165) is 0 Å². The molecule has 140 valence electrons. The average molecular weight is 354 g/mol. The number of nitrogens with one attached hydrogen (secondary N) is 1. The van der Waals surface area contributed by atoms with E-state index in [4.69, 9.17) is 4.74 Å². The molecular weight excluding hydrogens is 327 g/mol. The van der Waals surface area contributed by atoms with Crippen molar-refractivity contribution in [1.29, 1.82) is 0 Å². The lowest BCUT2D eigenvalue weighted by atomic mass is 9.90. The first-order valence-electron chi connectivity index (χ1n) is 8.41. The zero-order valence-electron chi connectivity index (χ0n) is 15.0. The fourth-order valence-electron chi connectivity index (χ4n) is 2.83. The molecule has 0 aliphatic carbocycles. The van der Waals surface area contributed by atoms with Gasteiger partial charge in [-0.3, -0.25) is 4.79 Å². The second-order valence-electron chi connectivity index (χ2n) is 7.21. The summed E-state index contributed by atoms with van der Waals surface area (Å²) >= 11 is 0. The van der Waals surface area contributed by atoms with Gasteiger partial charge in [-0.15, -0.1) is 0 Å². The van der Waals surface area contributed by atoms with Crippen molar-refractivity contribution in [3.8, 4) is 5.75 Å². The molecule has 0 radical (unpaired) electrons. The number of hydrogen-bond donors (Lipinski definition) is 3. The Hall–Kier alpha value is -1.70. The Balaban J connectivity index is 2.11. The number of carbonyl (C=O) groups is 1. The van der Waals surface area contributed by atoms with Crippen LogP contribution in [0.2, 0.25) is 0 Å². The summed E-state index contributed by atoms with van der Waals surface area (Å²) < 4.78 is 19.1. The van der Waals surface area contributed by atoms with Crippen LogP contribution in [0.5, 0.6) is 5.75 Å². The van der Waals surface area contributed by atoms with Crippen LogP contribution in [0.1, 0.15) is 32.3 Å². The molecule has 6 nitrogen and oxygen atoms in total. The zero-order valence-corrected chi connectivity index (χ0v) is 15.0. The van der Waals surface area contributed by atoms with Crippen LogP contribution in [0, 0.1) is 5.82 Å². The number of rotatable bonds is 7. The number of ether oxygens (including phenoxy) is 1. The number of aliphatic hydroxyl groups is 2. The molecule has 1 atom stereocenters. The van der Waals surface area contributed by atoms with E-state index in [9.17, 15) is 19.4 Å². The number of carbonyl (C=O) groups excluding carboxylic acids is 1. The van der Waals surface area contributed by atoms with Crippen LogP contribution >= 0.6 is 0 Å². The Morgan fingerprint density at radius 3 is 2.80 bits per heavy atom. The maximum absolute atomic E-state index is 14.0. The Bertz CT molecular complexity index is 623. The molecule has 1 aromatic carbocycles. The Morgan fingerprint density at radius 2 is 2.16 bits per heavy atom. The molecule has 1 aromatic rings. The van der Waals surface area contributed by atoms with Gasteiger partial charge in [-0.25, -0.2) is 4.39 Å². The third-order valence-corrected chi connectivity index (χ3v) is 4.57. The lowest BCUT2D eigenvalue weighted by Gasteiger charge is -2.40. The first-order valence-corrected chi connectivity index (χ1v) is 8.41. The number of aliphatic hydroxyl groups excluding tert-OH is 1. The normalized spacial score (nSPS) is 21.5. The van der Waals surface area contributed by atoms with Crippen LogP contribution in [0.4, 0.5) is 4.39 Å². The minimum atomic E-state index is -1.56. The van der Waals surface area contributed by atoms with Gasteiger partial charge in [0, 0.05) is 30.7 Å². The lowest BCUT2D eigenvalue weighted by Crippen LogP contribution is -2.60. The molecule has 0 aromatic heterocycles. The van der Waals surface area contributed by atoms with Gasteiger partial charge in [-0.05, 0) is 44.9 Å². The van der Waals surface area contributed by atoms with Crippen molar-refractivity contribution >= 4 is 5.91 Å². The molecule has 1 aliphatic heterocycles. The van der Waals surface area contributed by atoms with Gasteiger partial charge in [0.15, 0.2) is 5.60 Å². The number of benzene rings is 1. The summed E-state index contributed by atoms with van der Waals surface area (Å²) in [6.07, 6.45) is 0.951. The van der Waals surface area contributed by atoms with E-state index < -0.39 is 22.9 Å². The van der Waals surface area contributed by atoms with Gasteiger partial charge in [0.25, 0.3) is 5.91 Å². The first kappa shape index (κ1) is 19.6. The number of likely N-dealkylation sites (tertiary alicyclic amines) is 1. The van der Waals surface area contributed by atoms with Gasteiger partial charge in [0.2, 0.25) is 0 Å². The van der Waals surface area contributed by atoms with Crippen molar-refractivity contribution in [3.63, 3.8) is 0 Å². The van der Waals surface area contributed by atoms with Crippen molar-refractivity contribution < 1.29 is 24.1 Å². The highest BCUT2D eigenvalue weighted by atomic mass is 19.1. The van der Waals surface area contributed by atoms with Crippen molar-refractivity contribution in [2.45, 2.75) is 44.4 Å². The van der Waals surface area contributed by atoms with Gasteiger partial charge in [-0.1, -0.05) is 0 Å². The molecule has 0 saturated carbocycles. The topological polar surface area (TPSA) is 82.0 Å². The summed E-state index contributed by atoms with van der Waals surface area (Å²) in [6, 6.07) is 4.39.